The van der Waals surface area contributed by atoms with Gasteiger partial charge in [0, 0.05) is 31.7 Å². The third-order valence-corrected chi connectivity index (χ3v) is 5.49. The fourth-order valence-corrected chi connectivity index (χ4v) is 4.18. The number of nitrogens with zero attached hydrogens (tertiary/aromatic N) is 2. The third-order valence-electron chi connectivity index (χ3n) is 5.49. The summed E-state index contributed by atoms with van der Waals surface area (Å²) in [5.41, 5.74) is 1.19. The van der Waals surface area contributed by atoms with Crippen molar-refractivity contribution in [2.24, 2.45) is 5.92 Å². The number of anilines is 2. The van der Waals surface area contributed by atoms with Crippen LogP contribution in [-0.2, 0) is 9.47 Å². The number of pyridine rings is 1. The number of ether oxygens (including phenoxy) is 2. The van der Waals surface area contributed by atoms with Crippen LogP contribution in [0.4, 0.5) is 11.5 Å². The first-order valence-corrected chi connectivity index (χ1v) is 9.26. The summed E-state index contributed by atoms with van der Waals surface area (Å²) in [5.74, 6) is 1.62. The maximum absolute atomic E-state index is 5.65. The Bertz CT molecular complexity index is 512. The number of nitrogens with one attached hydrogen (secondary N) is 2. The van der Waals surface area contributed by atoms with Crippen molar-refractivity contribution >= 4 is 11.5 Å². The highest BCUT2D eigenvalue weighted by atomic mass is 16.5. The molecule has 6 heteroatoms. The second-order valence-electron chi connectivity index (χ2n) is 6.98. The van der Waals surface area contributed by atoms with Gasteiger partial charge in [0.25, 0.3) is 0 Å². The predicted octanol–water partition coefficient (Wildman–Crippen LogP) is 1.49. The van der Waals surface area contributed by atoms with Gasteiger partial charge in [0.05, 0.1) is 38.3 Å². The van der Waals surface area contributed by atoms with Crippen molar-refractivity contribution in [3.8, 4) is 0 Å². The van der Waals surface area contributed by atoms with Crippen LogP contribution in [0.3, 0.4) is 0 Å². The Kier molecular flexibility index (Phi) is 5.16. The summed E-state index contributed by atoms with van der Waals surface area (Å²) >= 11 is 0. The van der Waals surface area contributed by atoms with E-state index in [1.807, 2.05) is 6.20 Å². The van der Waals surface area contributed by atoms with Gasteiger partial charge >= 0.3 is 0 Å². The molecule has 3 atom stereocenters. The Morgan fingerprint density at radius 2 is 2.04 bits per heavy atom. The summed E-state index contributed by atoms with van der Waals surface area (Å²) in [7, 11) is 0. The molecule has 24 heavy (non-hydrogen) atoms. The van der Waals surface area contributed by atoms with Crippen LogP contribution < -0.4 is 15.5 Å². The Labute approximate surface area is 143 Å². The van der Waals surface area contributed by atoms with Crippen LogP contribution in [0, 0.1) is 5.92 Å². The lowest BCUT2D eigenvalue weighted by molar-refractivity contribution is 0.0559. The van der Waals surface area contributed by atoms with Crippen molar-refractivity contribution in [3.63, 3.8) is 0 Å². The van der Waals surface area contributed by atoms with Crippen LogP contribution in [0.5, 0.6) is 0 Å². The molecule has 3 unspecified atom stereocenters. The summed E-state index contributed by atoms with van der Waals surface area (Å²) in [6.07, 6.45) is 5.76. The van der Waals surface area contributed by atoms with Crippen molar-refractivity contribution in [3.05, 3.63) is 18.3 Å². The summed E-state index contributed by atoms with van der Waals surface area (Å²) < 4.78 is 11.1. The SMILES string of the molecule is c1cc(NC2CCCC2C2COCCN2)ncc1N1CCOCC1. The first-order valence-electron chi connectivity index (χ1n) is 9.26. The molecule has 1 saturated carbocycles. The molecular weight excluding hydrogens is 304 g/mol. The average molecular weight is 332 g/mol. The predicted molar refractivity (Wildman–Crippen MR) is 94.6 cm³/mol. The number of morpholine rings is 2. The molecule has 0 amide bonds. The van der Waals surface area contributed by atoms with Gasteiger partial charge in [0.15, 0.2) is 0 Å². The second kappa shape index (κ2) is 7.68. The zero-order valence-electron chi connectivity index (χ0n) is 14.2. The van der Waals surface area contributed by atoms with Crippen LogP contribution in [-0.4, -0.2) is 63.1 Å². The highest BCUT2D eigenvalue weighted by Crippen LogP contribution is 2.31. The quantitative estimate of drug-likeness (QED) is 0.871. The minimum Gasteiger partial charge on any atom is -0.379 e. The van der Waals surface area contributed by atoms with Crippen LogP contribution in [0.15, 0.2) is 18.3 Å². The van der Waals surface area contributed by atoms with Crippen molar-refractivity contribution in [2.45, 2.75) is 31.3 Å². The van der Waals surface area contributed by atoms with Gasteiger partial charge in [-0.2, -0.15) is 0 Å². The molecule has 132 valence electrons. The molecule has 0 spiro atoms. The zero-order chi connectivity index (χ0) is 16.2. The molecule has 2 N–H and O–H groups in total. The first kappa shape index (κ1) is 16.1. The molecule has 2 saturated heterocycles. The largest absolute Gasteiger partial charge is 0.379 e. The highest BCUT2D eigenvalue weighted by Gasteiger charge is 2.34. The molecule has 0 aromatic carbocycles. The van der Waals surface area contributed by atoms with E-state index in [1.54, 1.807) is 0 Å². The standard InChI is InChI=1S/C18H28N4O2/c1-2-15(17-13-24-9-6-19-17)16(3-1)21-18-5-4-14(12-20-18)22-7-10-23-11-8-22/h4-5,12,15-17,19H,1-3,6-11,13H2,(H,20,21). The Hall–Kier alpha value is -1.37. The van der Waals surface area contributed by atoms with Gasteiger partial charge in [-0.25, -0.2) is 4.98 Å². The van der Waals surface area contributed by atoms with Crippen molar-refractivity contribution in [1.29, 1.82) is 0 Å². The number of hydrogen-bond donors (Lipinski definition) is 2. The van der Waals surface area contributed by atoms with E-state index in [2.05, 4.69) is 32.7 Å². The molecule has 3 heterocycles. The molecule has 1 aromatic rings. The van der Waals surface area contributed by atoms with Gasteiger partial charge in [-0.15, -0.1) is 0 Å². The van der Waals surface area contributed by atoms with Gasteiger partial charge in [-0.05, 0) is 30.9 Å². The van der Waals surface area contributed by atoms with Crippen molar-refractivity contribution < 1.29 is 9.47 Å². The van der Waals surface area contributed by atoms with Crippen molar-refractivity contribution in [2.75, 3.05) is 56.3 Å². The first-order chi connectivity index (χ1) is 11.9. The normalized spacial score (nSPS) is 31.2. The molecule has 1 aliphatic carbocycles. The van der Waals surface area contributed by atoms with Gasteiger partial charge < -0.3 is 25.0 Å². The lowest BCUT2D eigenvalue weighted by atomic mass is 9.94. The molecule has 0 radical (unpaired) electrons. The molecule has 0 bridgehead atoms. The van der Waals surface area contributed by atoms with Crippen LogP contribution in [0.25, 0.3) is 0 Å². The van der Waals surface area contributed by atoms with Crippen LogP contribution in [0.1, 0.15) is 19.3 Å². The lowest BCUT2D eigenvalue weighted by Crippen LogP contribution is -2.49. The van der Waals surface area contributed by atoms with E-state index >= 15 is 0 Å². The number of rotatable bonds is 4. The summed E-state index contributed by atoms with van der Waals surface area (Å²) in [6, 6.07) is 5.26. The topological polar surface area (TPSA) is 58.7 Å². The minimum absolute atomic E-state index is 0.478. The van der Waals surface area contributed by atoms with Gasteiger partial charge in [0.2, 0.25) is 0 Å². The monoisotopic (exact) mass is 332 g/mol. The third kappa shape index (κ3) is 3.66. The molecule has 4 rings (SSSR count). The van der Waals surface area contributed by atoms with E-state index < -0.39 is 0 Å². The molecular formula is C18H28N4O2. The number of aromatic nitrogens is 1. The lowest BCUT2D eigenvalue weighted by Gasteiger charge is -2.33. The smallest absolute Gasteiger partial charge is 0.126 e. The summed E-state index contributed by atoms with van der Waals surface area (Å²) in [4.78, 5) is 6.99. The van der Waals surface area contributed by atoms with E-state index in [0.29, 0.717) is 18.0 Å². The molecule has 6 nitrogen and oxygen atoms in total. The molecule has 1 aromatic heterocycles. The second-order valence-corrected chi connectivity index (χ2v) is 6.98. The van der Waals surface area contributed by atoms with E-state index in [-0.39, 0.29) is 0 Å². The van der Waals surface area contributed by atoms with Crippen molar-refractivity contribution in [1.82, 2.24) is 10.3 Å². The van der Waals surface area contributed by atoms with Crippen LogP contribution >= 0.6 is 0 Å². The Morgan fingerprint density at radius 3 is 2.79 bits per heavy atom. The molecule has 3 fully saturated rings. The van der Waals surface area contributed by atoms with E-state index in [9.17, 15) is 0 Å². The fraction of sp³-hybridized carbons (Fsp3) is 0.722. The summed E-state index contributed by atoms with van der Waals surface area (Å²) in [6.45, 7) is 6.16. The van der Waals surface area contributed by atoms with E-state index in [1.165, 1.54) is 24.9 Å². The minimum atomic E-state index is 0.478. The average Bonchev–Trinajstić information content (AvgIpc) is 3.12. The van der Waals surface area contributed by atoms with Gasteiger partial charge in [-0.3, -0.25) is 0 Å². The zero-order valence-corrected chi connectivity index (χ0v) is 14.2. The van der Waals surface area contributed by atoms with E-state index in [0.717, 1.165) is 51.9 Å². The Balaban J connectivity index is 1.37. The van der Waals surface area contributed by atoms with Gasteiger partial charge in [0.1, 0.15) is 5.82 Å². The molecule has 3 aliphatic rings. The highest BCUT2D eigenvalue weighted by molar-refractivity contribution is 5.50. The summed E-state index contributed by atoms with van der Waals surface area (Å²) in [5, 5.41) is 7.29. The Morgan fingerprint density at radius 1 is 1.12 bits per heavy atom. The maximum atomic E-state index is 5.65. The molecule has 2 aliphatic heterocycles. The van der Waals surface area contributed by atoms with Gasteiger partial charge in [-0.1, -0.05) is 6.42 Å². The van der Waals surface area contributed by atoms with E-state index in [4.69, 9.17) is 9.47 Å². The maximum Gasteiger partial charge on any atom is 0.126 e. The number of hydrogen-bond acceptors (Lipinski definition) is 6. The van der Waals surface area contributed by atoms with Crippen LogP contribution in [0.2, 0.25) is 0 Å². The fourth-order valence-electron chi connectivity index (χ4n) is 4.18.